The summed E-state index contributed by atoms with van der Waals surface area (Å²) in [6.07, 6.45) is 4.94. The number of nitrogens with zero attached hydrogens (tertiary/aromatic N) is 1. The van der Waals surface area contributed by atoms with Crippen LogP contribution in [0.5, 0.6) is 0 Å². The second-order valence-electron chi connectivity index (χ2n) is 5.49. The van der Waals surface area contributed by atoms with Gasteiger partial charge in [0, 0.05) is 13.1 Å². The van der Waals surface area contributed by atoms with Gasteiger partial charge in [-0.15, -0.1) is 0 Å². The molecular weight excluding hydrogens is 232 g/mol. The van der Waals surface area contributed by atoms with Crippen LogP contribution in [0.1, 0.15) is 39.0 Å². The van der Waals surface area contributed by atoms with Gasteiger partial charge in [0.1, 0.15) is 6.04 Å². The van der Waals surface area contributed by atoms with Crippen LogP contribution >= 0.6 is 0 Å². The summed E-state index contributed by atoms with van der Waals surface area (Å²) in [5.74, 6) is 0.347. The maximum atomic E-state index is 12.0. The van der Waals surface area contributed by atoms with Crippen molar-refractivity contribution >= 4 is 12.0 Å². The number of hydrogen-bond acceptors (Lipinski definition) is 2. The summed E-state index contributed by atoms with van der Waals surface area (Å²) in [4.78, 5) is 24.8. The molecule has 0 aromatic heterocycles. The van der Waals surface area contributed by atoms with E-state index in [4.69, 9.17) is 5.11 Å². The Morgan fingerprint density at radius 3 is 2.44 bits per heavy atom. The van der Waals surface area contributed by atoms with Crippen LogP contribution in [0.3, 0.4) is 0 Å². The monoisotopic (exact) mass is 254 g/mol. The zero-order valence-corrected chi connectivity index (χ0v) is 10.9. The molecular formula is C13H22N2O3. The number of carboxylic acids is 1. The van der Waals surface area contributed by atoms with Gasteiger partial charge in [-0.1, -0.05) is 19.8 Å². The van der Waals surface area contributed by atoms with E-state index >= 15 is 0 Å². The minimum absolute atomic E-state index is 0.203. The normalized spacial score (nSPS) is 27.9. The number of rotatable bonds is 4. The molecule has 0 aromatic rings. The van der Waals surface area contributed by atoms with Crippen LogP contribution in [0.2, 0.25) is 0 Å². The lowest BCUT2D eigenvalue weighted by atomic mass is 10.0. The van der Waals surface area contributed by atoms with Gasteiger partial charge < -0.3 is 15.3 Å². The summed E-state index contributed by atoms with van der Waals surface area (Å²) in [7, 11) is 0. The Morgan fingerprint density at radius 2 is 1.94 bits per heavy atom. The fraction of sp³-hybridized carbons (Fsp3) is 0.846. The molecule has 3 unspecified atom stereocenters. The van der Waals surface area contributed by atoms with E-state index in [0.29, 0.717) is 18.3 Å². The number of carbonyl (C=O) groups is 2. The highest BCUT2D eigenvalue weighted by Gasteiger charge is 2.38. The molecule has 2 N–H and O–H groups in total. The van der Waals surface area contributed by atoms with E-state index in [1.165, 1.54) is 19.3 Å². The summed E-state index contributed by atoms with van der Waals surface area (Å²) < 4.78 is 0. The quantitative estimate of drug-likeness (QED) is 0.802. The highest BCUT2D eigenvalue weighted by atomic mass is 16.4. The number of nitrogens with one attached hydrogen (secondary N) is 1. The first-order valence-electron chi connectivity index (χ1n) is 6.90. The number of likely N-dealkylation sites (tertiary alicyclic amines) is 1. The number of hydrogen-bond donors (Lipinski definition) is 2. The van der Waals surface area contributed by atoms with Crippen LogP contribution in [0, 0.1) is 11.8 Å². The molecule has 1 aliphatic carbocycles. The lowest BCUT2D eigenvalue weighted by Crippen LogP contribution is -2.47. The van der Waals surface area contributed by atoms with Gasteiger partial charge in [-0.25, -0.2) is 9.59 Å². The number of amides is 2. The van der Waals surface area contributed by atoms with Crippen LogP contribution in [0.25, 0.3) is 0 Å². The number of fused-ring (bicyclic) bond motifs is 1. The summed E-state index contributed by atoms with van der Waals surface area (Å²) in [6, 6.07) is -0.951. The molecule has 0 radical (unpaired) electrons. The fourth-order valence-corrected chi connectivity index (χ4v) is 3.19. The first-order valence-corrected chi connectivity index (χ1v) is 6.90. The van der Waals surface area contributed by atoms with Gasteiger partial charge >= 0.3 is 12.0 Å². The van der Waals surface area contributed by atoms with Gasteiger partial charge in [0.05, 0.1) is 0 Å². The van der Waals surface area contributed by atoms with Crippen molar-refractivity contribution in [3.05, 3.63) is 0 Å². The highest BCUT2D eigenvalue weighted by molar-refractivity contribution is 5.82. The van der Waals surface area contributed by atoms with Crippen LogP contribution in [0.4, 0.5) is 4.79 Å². The predicted molar refractivity (Wildman–Crippen MR) is 67.3 cm³/mol. The third kappa shape index (κ3) is 2.76. The van der Waals surface area contributed by atoms with E-state index < -0.39 is 12.0 Å². The number of urea groups is 1. The SMILES string of the molecule is CCCC(NC(=O)N1CC2CCCC2C1)C(=O)O. The van der Waals surface area contributed by atoms with E-state index in [9.17, 15) is 9.59 Å². The zero-order valence-electron chi connectivity index (χ0n) is 10.9. The molecule has 5 heteroatoms. The van der Waals surface area contributed by atoms with E-state index in [1.807, 2.05) is 6.92 Å². The third-order valence-corrected chi connectivity index (χ3v) is 4.19. The number of carbonyl (C=O) groups excluding carboxylic acids is 1. The van der Waals surface area contributed by atoms with E-state index in [1.54, 1.807) is 4.90 Å². The minimum atomic E-state index is -0.940. The molecule has 0 spiro atoms. The van der Waals surface area contributed by atoms with Crippen LogP contribution in [-0.2, 0) is 4.79 Å². The van der Waals surface area contributed by atoms with Crippen LogP contribution in [0.15, 0.2) is 0 Å². The van der Waals surface area contributed by atoms with Gasteiger partial charge in [0.25, 0.3) is 0 Å². The van der Waals surface area contributed by atoms with Crippen molar-refractivity contribution in [3.63, 3.8) is 0 Å². The van der Waals surface area contributed by atoms with Crippen molar-refractivity contribution in [1.82, 2.24) is 10.2 Å². The average Bonchev–Trinajstić information content (AvgIpc) is 2.87. The third-order valence-electron chi connectivity index (χ3n) is 4.19. The smallest absolute Gasteiger partial charge is 0.326 e. The Bertz CT molecular complexity index is 320. The molecule has 2 fully saturated rings. The molecule has 2 rings (SSSR count). The van der Waals surface area contributed by atoms with Crippen molar-refractivity contribution in [2.45, 2.75) is 45.1 Å². The van der Waals surface area contributed by atoms with Crippen molar-refractivity contribution in [2.24, 2.45) is 11.8 Å². The topological polar surface area (TPSA) is 69.6 Å². The highest BCUT2D eigenvalue weighted by Crippen LogP contribution is 2.37. The second-order valence-corrected chi connectivity index (χ2v) is 5.49. The lowest BCUT2D eigenvalue weighted by molar-refractivity contribution is -0.139. The van der Waals surface area contributed by atoms with Crippen molar-refractivity contribution in [1.29, 1.82) is 0 Å². The molecule has 18 heavy (non-hydrogen) atoms. The fourth-order valence-electron chi connectivity index (χ4n) is 3.19. The minimum Gasteiger partial charge on any atom is -0.480 e. The summed E-state index contributed by atoms with van der Waals surface area (Å²) in [6.45, 7) is 3.52. The molecule has 3 atom stereocenters. The Hall–Kier alpha value is -1.26. The van der Waals surface area contributed by atoms with Crippen LogP contribution < -0.4 is 5.32 Å². The van der Waals surface area contributed by atoms with Crippen molar-refractivity contribution < 1.29 is 14.7 Å². The maximum Gasteiger partial charge on any atom is 0.326 e. The second kappa shape index (κ2) is 5.59. The summed E-state index contributed by atoms with van der Waals surface area (Å²) >= 11 is 0. The predicted octanol–water partition coefficient (Wildman–Crippen LogP) is 1.68. The first-order chi connectivity index (χ1) is 8.61. The van der Waals surface area contributed by atoms with Gasteiger partial charge in [-0.2, -0.15) is 0 Å². The molecule has 2 amide bonds. The van der Waals surface area contributed by atoms with Crippen LogP contribution in [-0.4, -0.2) is 41.1 Å². The van der Waals surface area contributed by atoms with Gasteiger partial charge in [0.15, 0.2) is 0 Å². The molecule has 1 saturated carbocycles. The lowest BCUT2D eigenvalue weighted by Gasteiger charge is -2.21. The Morgan fingerprint density at radius 1 is 1.33 bits per heavy atom. The average molecular weight is 254 g/mol. The van der Waals surface area contributed by atoms with E-state index in [2.05, 4.69) is 5.32 Å². The van der Waals surface area contributed by atoms with Gasteiger partial charge in [0.2, 0.25) is 0 Å². The molecule has 0 aromatic carbocycles. The summed E-state index contributed by atoms with van der Waals surface area (Å²) in [5.41, 5.74) is 0. The molecule has 1 aliphatic heterocycles. The van der Waals surface area contributed by atoms with E-state index in [-0.39, 0.29) is 6.03 Å². The molecule has 2 aliphatic rings. The number of carboxylic acid groups (broad SMARTS) is 1. The van der Waals surface area contributed by atoms with Crippen molar-refractivity contribution in [3.8, 4) is 0 Å². The summed E-state index contributed by atoms with van der Waals surface area (Å²) in [5, 5.41) is 11.7. The maximum absolute atomic E-state index is 12.0. The molecule has 1 saturated heterocycles. The Balaban J connectivity index is 1.86. The molecule has 102 valence electrons. The Kier molecular flexibility index (Phi) is 4.09. The number of aliphatic carboxylic acids is 1. The Labute approximate surface area is 108 Å². The molecule has 1 heterocycles. The molecule has 0 bridgehead atoms. The first kappa shape index (κ1) is 13.2. The van der Waals surface area contributed by atoms with Gasteiger partial charge in [-0.05, 0) is 31.1 Å². The van der Waals surface area contributed by atoms with Gasteiger partial charge in [-0.3, -0.25) is 0 Å². The largest absolute Gasteiger partial charge is 0.480 e. The standard InChI is InChI=1S/C13H22N2O3/c1-2-4-11(12(16)17)14-13(18)15-7-9-5-3-6-10(9)8-15/h9-11H,2-8H2,1H3,(H,14,18)(H,16,17). The van der Waals surface area contributed by atoms with Crippen molar-refractivity contribution in [2.75, 3.05) is 13.1 Å². The van der Waals surface area contributed by atoms with E-state index in [0.717, 1.165) is 19.5 Å². The zero-order chi connectivity index (χ0) is 13.1. The molecule has 5 nitrogen and oxygen atoms in total.